The van der Waals surface area contributed by atoms with Gasteiger partial charge in [-0.25, -0.2) is 0 Å². The van der Waals surface area contributed by atoms with Gasteiger partial charge in [0.05, 0.1) is 19.6 Å². The molecule has 4 heteroatoms. The number of morpholine rings is 1. The van der Waals surface area contributed by atoms with Gasteiger partial charge in [-0.15, -0.1) is 0 Å². The fourth-order valence-electron chi connectivity index (χ4n) is 3.22. The van der Waals surface area contributed by atoms with Crippen molar-refractivity contribution in [3.63, 3.8) is 0 Å². The smallest absolute Gasteiger partial charge is 0.305 e. The zero-order chi connectivity index (χ0) is 12.5. The summed E-state index contributed by atoms with van der Waals surface area (Å²) in [5, 5.41) is 9.11. The monoisotopic (exact) mass is 241 g/mol. The molecule has 0 aromatic heterocycles. The SMILES string of the molecule is CC(C)C1CC(CC(=O)O)(N2CCOCC2)C1. The predicted molar refractivity (Wildman–Crippen MR) is 64.9 cm³/mol. The number of hydrogen-bond donors (Lipinski definition) is 1. The summed E-state index contributed by atoms with van der Waals surface area (Å²) in [6.45, 7) is 7.72. The number of nitrogens with zero attached hydrogens (tertiary/aromatic N) is 1. The lowest BCUT2D eigenvalue weighted by atomic mass is 9.61. The molecule has 0 spiro atoms. The van der Waals surface area contributed by atoms with E-state index in [0.717, 1.165) is 39.1 Å². The molecule has 1 N–H and O–H groups in total. The first-order valence-electron chi connectivity index (χ1n) is 6.58. The Morgan fingerprint density at radius 2 is 2.00 bits per heavy atom. The van der Waals surface area contributed by atoms with E-state index < -0.39 is 5.97 Å². The molecule has 0 radical (unpaired) electrons. The molecule has 0 atom stereocenters. The van der Waals surface area contributed by atoms with Crippen molar-refractivity contribution in [2.24, 2.45) is 11.8 Å². The quantitative estimate of drug-likeness (QED) is 0.812. The van der Waals surface area contributed by atoms with Gasteiger partial charge in [-0.3, -0.25) is 9.69 Å². The van der Waals surface area contributed by atoms with E-state index in [1.807, 2.05) is 0 Å². The van der Waals surface area contributed by atoms with Crippen molar-refractivity contribution in [2.45, 2.75) is 38.6 Å². The summed E-state index contributed by atoms with van der Waals surface area (Å²) in [7, 11) is 0. The van der Waals surface area contributed by atoms with Crippen LogP contribution in [0.1, 0.15) is 33.1 Å². The van der Waals surface area contributed by atoms with E-state index in [1.165, 1.54) is 0 Å². The van der Waals surface area contributed by atoms with Crippen LogP contribution in [0.3, 0.4) is 0 Å². The number of ether oxygens (including phenoxy) is 1. The van der Waals surface area contributed by atoms with E-state index in [4.69, 9.17) is 9.84 Å². The molecule has 0 aromatic carbocycles. The second-order valence-corrected chi connectivity index (χ2v) is 5.81. The maximum atomic E-state index is 11.1. The van der Waals surface area contributed by atoms with Gasteiger partial charge in [0.25, 0.3) is 0 Å². The average molecular weight is 241 g/mol. The summed E-state index contributed by atoms with van der Waals surface area (Å²) in [5.74, 6) is 0.689. The molecule has 0 aromatic rings. The molecule has 2 aliphatic rings. The van der Waals surface area contributed by atoms with Gasteiger partial charge in [-0.05, 0) is 24.7 Å². The van der Waals surface area contributed by atoms with E-state index in [9.17, 15) is 4.79 Å². The van der Waals surface area contributed by atoms with Gasteiger partial charge in [-0.1, -0.05) is 13.8 Å². The van der Waals surface area contributed by atoms with Crippen LogP contribution >= 0.6 is 0 Å². The molecule has 2 rings (SSSR count). The molecule has 0 unspecified atom stereocenters. The first-order chi connectivity index (χ1) is 8.03. The Labute approximate surface area is 103 Å². The Hall–Kier alpha value is -0.610. The number of carboxylic acids is 1. The maximum Gasteiger partial charge on any atom is 0.305 e. The molecule has 4 nitrogen and oxygen atoms in total. The normalized spacial score (nSPS) is 34.6. The number of carbonyl (C=O) groups is 1. The Morgan fingerprint density at radius 3 is 2.47 bits per heavy atom. The minimum atomic E-state index is -0.668. The van der Waals surface area contributed by atoms with Crippen LogP contribution in [0.4, 0.5) is 0 Å². The van der Waals surface area contributed by atoms with Crippen molar-refractivity contribution in [1.29, 1.82) is 0 Å². The van der Waals surface area contributed by atoms with Gasteiger partial charge in [0.15, 0.2) is 0 Å². The van der Waals surface area contributed by atoms with E-state index in [1.54, 1.807) is 0 Å². The van der Waals surface area contributed by atoms with Crippen LogP contribution in [-0.4, -0.2) is 47.8 Å². The zero-order valence-corrected chi connectivity index (χ0v) is 10.8. The summed E-state index contributed by atoms with van der Waals surface area (Å²) in [5.41, 5.74) is -0.0788. The lowest BCUT2D eigenvalue weighted by molar-refractivity contribution is -0.149. The Bertz CT molecular complexity index is 278. The molecule has 0 amide bonds. The molecule has 1 aliphatic heterocycles. The lowest BCUT2D eigenvalue weighted by Crippen LogP contribution is -2.62. The Balaban J connectivity index is 2.01. The van der Waals surface area contributed by atoms with Crippen LogP contribution in [-0.2, 0) is 9.53 Å². The highest BCUT2D eigenvalue weighted by atomic mass is 16.5. The van der Waals surface area contributed by atoms with Gasteiger partial charge < -0.3 is 9.84 Å². The second-order valence-electron chi connectivity index (χ2n) is 5.81. The van der Waals surface area contributed by atoms with Crippen molar-refractivity contribution >= 4 is 5.97 Å². The molecule has 1 heterocycles. The van der Waals surface area contributed by atoms with Gasteiger partial charge in [0, 0.05) is 18.6 Å². The highest BCUT2D eigenvalue weighted by Crippen LogP contribution is 2.48. The molecular weight excluding hydrogens is 218 g/mol. The van der Waals surface area contributed by atoms with Crippen LogP contribution in [0.15, 0.2) is 0 Å². The molecule has 0 bridgehead atoms. The number of aliphatic carboxylic acids is 1. The van der Waals surface area contributed by atoms with Crippen molar-refractivity contribution in [2.75, 3.05) is 26.3 Å². The summed E-state index contributed by atoms with van der Waals surface area (Å²) < 4.78 is 5.35. The van der Waals surface area contributed by atoms with Crippen LogP contribution in [0, 0.1) is 11.8 Å². The van der Waals surface area contributed by atoms with Crippen molar-refractivity contribution < 1.29 is 14.6 Å². The number of hydrogen-bond acceptors (Lipinski definition) is 3. The van der Waals surface area contributed by atoms with Gasteiger partial charge in [0.1, 0.15) is 0 Å². The highest BCUT2D eigenvalue weighted by molar-refractivity contribution is 5.68. The summed E-state index contributed by atoms with van der Waals surface area (Å²) >= 11 is 0. The molecular formula is C13H23NO3. The zero-order valence-electron chi connectivity index (χ0n) is 10.8. The van der Waals surface area contributed by atoms with Crippen LogP contribution < -0.4 is 0 Å². The lowest BCUT2D eigenvalue weighted by Gasteiger charge is -2.56. The third kappa shape index (κ3) is 2.63. The van der Waals surface area contributed by atoms with Crippen molar-refractivity contribution in [3.05, 3.63) is 0 Å². The standard InChI is InChI=1S/C13H23NO3/c1-10(2)11-7-13(8-11,9-12(15)16)14-3-5-17-6-4-14/h10-11H,3-9H2,1-2H3,(H,15,16). The molecule has 2 fully saturated rings. The molecule has 1 saturated carbocycles. The molecule has 17 heavy (non-hydrogen) atoms. The van der Waals surface area contributed by atoms with Crippen molar-refractivity contribution in [3.8, 4) is 0 Å². The summed E-state index contributed by atoms with van der Waals surface area (Å²) in [4.78, 5) is 13.4. The van der Waals surface area contributed by atoms with Crippen LogP contribution in [0.5, 0.6) is 0 Å². The number of carboxylic acid groups (broad SMARTS) is 1. The average Bonchev–Trinajstić information content (AvgIpc) is 2.23. The van der Waals surface area contributed by atoms with E-state index in [0.29, 0.717) is 11.8 Å². The maximum absolute atomic E-state index is 11.1. The van der Waals surface area contributed by atoms with E-state index in [2.05, 4.69) is 18.7 Å². The largest absolute Gasteiger partial charge is 0.481 e. The summed E-state index contributed by atoms with van der Waals surface area (Å²) in [6.07, 6.45) is 2.37. The van der Waals surface area contributed by atoms with E-state index >= 15 is 0 Å². The molecule has 1 saturated heterocycles. The first-order valence-corrected chi connectivity index (χ1v) is 6.58. The van der Waals surface area contributed by atoms with Gasteiger partial charge >= 0.3 is 5.97 Å². The highest BCUT2D eigenvalue weighted by Gasteiger charge is 2.50. The summed E-state index contributed by atoms with van der Waals surface area (Å²) in [6, 6.07) is 0. The van der Waals surface area contributed by atoms with Crippen LogP contribution in [0.2, 0.25) is 0 Å². The molecule has 98 valence electrons. The van der Waals surface area contributed by atoms with Crippen molar-refractivity contribution in [1.82, 2.24) is 4.90 Å². The number of rotatable bonds is 4. The minimum Gasteiger partial charge on any atom is -0.481 e. The fraction of sp³-hybridized carbons (Fsp3) is 0.923. The first kappa shape index (κ1) is 12.8. The second kappa shape index (κ2) is 4.94. The minimum absolute atomic E-state index is 0.0788. The molecule has 1 aliphatic carbocycles. The predicted octanol–water partition coefficient (Wildman–Crippen LogP) is 1.60. The van der Waals surface area contributed by atoms with Crippen LogP contribution in [0.25, 0.3) is 0 Å². The van der Waals surface area contributed by atoms with Gasteiger partial charge in [-0.2, -0.15) is 0 Å². The topological polar surface area (TPSA) is 49.8 Å². The fourth-order valence-corrected chi connectivity index (χ4v) is 3.22. The third-order valence-electron chi connectivity index (χ3n) is 4.39. The van der Waals surface area contributed by atoms with Gasteiger partial charge in [0.2, 0.25) is 0 Å². The third-order valence-corrected chi connectivity index (χ3v) is 4.39. The van der Waals surface area contributed by atoms with E-state index in [-0.39, 0.29) is 12.0 Å². The Morgan fingerprint density at radius 1 is 1.41 bits per heavy atom. The Kier molecular flexibility index (Phi) is 3.73.